The van der Waals surface area contributed by atoms with Gasteiger partial charge in [-0.25, -0.2) is 9.18 Å². The van der Waals surface area contributed by atoms with Crippen molar-refractivity contribution in [2.45, 2.75) is 31.7 Å². The lowest BCUT2D eigenvalue weighted by Gasteiger charge is -2.46. The highest BCUT2D eigenvalue weighted by Gasteiger charge is 2.48. The number of nitrogens with zero attached hydrogens (tertiary/aromatic N) is 3. The fourth-order valence-electron chi connectivity index (χ4n) is 3.79. The average molecular weight is 362 g/mol. The molecular formula is C19H27FN4O2. The number of carbonyl (C=O) groups excluding carboxylic acids is 2. The first-order valence-corrected chi connectivity index (χ1v) is 9.25. The van der Waals surface area contributed by atoms with Gasteiger partial charge in [0, 0.05) is 31.9 Å². The van der Waals surface area contributed by atoms with Crippen LogP contribution in [0.25, 0.3) is 0 Å². The molecule has 3 amide bonds. The number of anilines is 1. The van der Waals surface area contributed by atoms with Crippen LogP contribution in [0, 0.1) is 5.82 Å². The Labute approximate surface area is 153 Å². The van der Waals surface area contributed by atoms with E-state index in [0.29, 0.717) is 31.9 Å². The molecule has 7 heteroatoms. The molecule has 1 spiro atoms. The summed E-state index contributed by atoms with van der Waals surface area (Å²) in [5, 5.41) is 2.96. The number of rotatable bonds is 4. The number of halogens is 1. The minimum Gasteiger partial charge on any atom is -0.338 e. The molecule has 2 aliphatic rings. The summed E-state index contributed by atoms with van der Waals surface area (Å²) in [6.07, 6.45) is 2.80. The highest BCUT2D eigenvalue weighted by Crippen LogP contribution is 2.33. The molecule has 0 bridgehead atoms. The number of benzene rings is 1. The van der Waals surface area contributed by atoms with Crippen molar-refractivity contribution in [3.63, 3.8) is 0 Å². The summed E-state index contributed by atoms with van der Waals surface area (Å²) < 4.78 is 13.6. The number of nitrogens with one attached hydrogen (secondary N) is 1. The second-order valence-electron chi connectivity index (χ2n) is 7.30. The van der Waals surface area contributed by atoms with Crippen molar-refractivity contribution < 1.29 is 14.0 Å². The van der Waals surface area contributed by atoms with E-state index < -0.39 is 0 Å². The molecule has 0 aliphatic carbocycles. The summed E-state index contributed by atoms with van der Waals surface area (Å²) in [5.74, 6) is -0.402. The van der Waals surface area contributed by atoms with E-state index >= 15 is 0 Å². The Morgan fingerprint density at radius 1 is 1.35 bits per heavy atom. The van der Waals surface area contributed by atoms with Crippen molar-refractivity contribution in [2.75, 3.05) is 44.7 Å². The lowest BCUT2D eigenvalue weighted by Crippen LogP contribution is -2.64. The molecular weight excluding hydrogens is 335 g/mol. The van der Waals surface area contributed by atoms with E-state index in [0.717, 1.165) is 19.3 Å². The number of carbonyl (C=O) groups is 2. The molecule has 0 aromatic heterocycles. The van der Waals surface area contributed by atoms with Crippen LogP contribution in [-0.4, -0.2) is 67.0 Å². The summed E-state index contributed by atoms with van der Waals surface area (Å²) in [5.41, 5.74) is 0.288. The van der Waals surface area contributed by atoms with Gasteiger partial charge in [-0.3, -0.25) is 9.69 Å². The van der Waals surface area contributed by atoms with Gasteiger partial charge in [-0.05, 0) is 38.1 Å². The maximum atomic E-state index is 13.6. The van der Waals surface area contributed by atoms with E-state index in [4.69, 9.17) is 0 Å². The molecule has 0 radical (unpaired) electrons. The summed E-state index contributed by atoms with van der Waals surface area (Å²) >= 11 is 0. The number of hydrogen-bond acceptors (Lipinski definition) is 3. The third-order valence-electron chi connectivity index (χ3n) is 5.48. The first-order chi connectivity index (χ1) is 12.4. The van der Waals surface area contributed by atoms with Crippen molar-refractivity contribution in [2.24, 2.45) is 0 Å². The van der Waals surface area contributed by atoms with Crippen LogP contribution >= 0.6 is 0 Å². The van der Waals surface area contributed by atoms with Crippen LogP contribution in [0.15, 0.2) is 24.3 Å². The van der Waals surface area contributed by atoms with Crippen molar-refractivity contribution >= 4 is 17.6 Å². The van der Waals surface area contributed by atoms with Crippen LogP contribution in [0.5, 0.6) is 0 Å². The van der Waals surface area contributed by atoms with E-state index in [-0.39, 0.29) is 29.8 Å². The van der Waals surface area contributed by atoms with Gasteiger partial charge < -0.3 is 15.1 Å². The van der Waals surface area contributed by atoms with Crippen molar-refractivity contribution in [3.05, 3.63) is 30.1 Å². The van der Waals surface area contributed by atoms with Crippen LogP contribution in [0.3, 0.4) is 0 Å². The quantitative estimate of drug-likeness (QED) is 0.834. The van der Waals surface area contributed by atoms with Gasteiger partial charge in [0.25, 0.3) is 0 Å². The normalized spacial score (nSPS) is 23.7. The van der Waals surface area contributed by atoms with E-state index in [1.165, 1.54) is 12.1 Å². The number of likely N-dealkylation sites (N-methyl/N-ethyl adjacent to an activating group) is 1. The largest absolute Gasteiger partial charge is 0.338 e. The molecule has 6 nitrogen and oxygen atoms in total. The zero-order chi connectivity index (χ0) is 18.7. The van der Waals surface area contributed by atoms with Gasteiger partial charge >= 0.3 is 6.03 Å². The molecule has 2 heterocycles. The fraction of sp³-hybridized carbons (Fsp3) is 0.579. The Hall–Kier alpha value is -2.15. The highest BCUT2D eigenvalue weighted by molar-refractivity contribution is 5.96. The molecule has 142 valence electrons. The van der Waals surface area contributed by atoms with Gasteiger partial charge in [-0.1, -0.05) is 19.4 Å². The maximum absolute atomic E-state index is 13.6. The Balaban J connectivity index is 1.72. The second kappa shape index (κ2) is 7.61. The number of piperazine rings is 1. The molecule has 2 saturated heterocycles. The van der Waals surface area contributed by atoms with Crippen molar-refractivity contribution in [1.29, 1.82) is 0 Å². The number of likely N-dealkylation sites (tertiary alicyclic amines) is 1. The summed E-state index contributed by atoms with van der Waals surface area (Å²) in [4.78, 5) is 30.4. The van der Waals surface area contributed by atoms with Crippen molar-refractivity contribution in [1.82, 2.24) is 15.1 Å². The van der Waals surface area contributed by atoms with Gasteiger partial charge in [0.2, 0.25) is 5.91 Å². The minimum absolute atomic E-state index is 0.0436. The van der Waals surface area contributed by atoms with Gasteiger partial charge in [0.05, 0.1) is 12.1 Å². The van der Waals surface area contributed by atoms with Gasteiger partial charge in [0.15, 0.2) is 0 Å². The molecule has 2 fully saturated rings. The molecule has 1 aromatic rings. The van der Waals surface area contributed by atoms with E-state index in [9.17, 15) is 14.0 Å². The molecule has 0 unspecified atom stereocenters. The summed E-state index contributed by atoms with van der Waals surface area (Å²) in [7, 11) is 1.93. The Morgan fingerprint density at radius 2 is 2.15 bits per heavy atom. The molecule has 2 aliphatic heterocycles. The zero-order valence-electron chi connectivity index (χ0n) is 15.5. The SMILES string of the molecule is CCCCNC(=O)N1CC[C@]2(C1)CN(c1cccc(F)c1)C(=O)CN2C. The van der Waals surface area contributed by atoms with Crippen LogP contribution in [0.4, 0.5) is 14.9 Å². The predicted octanol–water partition coefficient (Wildman–Crippen LogP) is 2.06. The first kappa shape index (κ1) is 18.6. The van der Waals surface area contributed by atoms with Gasteiger partial charge in [-0.15, -0.1) is 0 Å². The second-order valence-corrected chi connectivity index (χ2v) is 7.30. The minimum atomic E-state index is -0.355. The van der Waals surface area contributed by atoms with Crippen LogP contribution in [0.1, 0.15) is 26.2 Å². The molecule has 0 saturated carbocycles. The van der Waals surface area contributed by atoms with Gasteiger partial charge in [-0.2, -0.15) is 0 Å². The third kappa shape index (κ3) is 3.67. The zero-order valence-corrected chi connectivity index (χ0v) is 15.5. The monoisotopic (exact) mass is 362 g/mol. The molecule has 26 heavy (non-hydrogen) atoms. The maximum Gasteiger partial charge on any atom is 0.317 e. The average Bonchev–Trinajstić information content (AvgIpc) is 3.04. The van der Waals surface area contributed by atoms with Crippen LogP contribution < -0.4 is 10.2 Å². The summed E-state index contributed by atoms with van der Waals surface area (Å²) in [6, 6.07) is 6.09. The Morgan fingerprint density at radius 3 is 2.88 bits per heavy atom. The van der Waals surface area contributed by atoms with E-state index in [1.807, 2.05) is 16.8 Å². The topological polar surface area (TPSA) is 55.9 Å². The molecule has 1 N–H and O–H groups in total. The first-order valence-electron chi connectivity index (χ1n) is 9.25. The highest BCUT2D eigenvalue weighted by atomic mass is 19.1. The summed E-state index contributed by atoms with van der Waals surface area (Å²) in [6.45, 7) is 4.73. The van der Waals surface area contributed by atoms with E-state index in [1.54, 1.807) is 17.0 Å². The fourth-order valence-corrected chi connectivity index (χ4v) is 3.79. The third-order valence-corrected chi connectivity index (χ3v) is 5.48. The Kier molecular flexibility index (Phi) is 5.46. The van der Waals surface area contributed by atoms with Crippen LogP contribution in [-0.2, 0) is 4.79 Å². The van der Waals surface area contributed by atoms with Crippen molar-refractivity contribution in [3.8, 4) is 0 Å². The number of urea groups is 1. The lowest BCUT2D eigenvalue weighted by atomic mass is 9.92. The molecule has 3 rings (SSSR count). The lowest BCUT2D eigenvalue weighted by molar-refractivity contribution is -0.123. The van der Waals surface area contributed by atoms with Crippen LogP contribution in [0.2, 0.25) is 0 Å². The van der Waals surface area contributed by atoms with E-state index in [2.05, 4.69) is 12.2 Å². The van der Waals surface area contributed by atoms with Gasteiger partial charge in [0.1, 0.15) is 5.82 Å². The number of amides is 3. The number of unbranched alkanes of at least 4 members (excludes halogenated alkanes) is 1. The molecule has 1 atom stereocenters. The molecule has 1 aromatic carbocycles. The standard InChI is InChI=1S/C19H27FN4O2/c1-3-4-9-21-18(26)23-10-8-19(13-23)14-24(17(25)12-22(19)2)16-7-5-6-15(20)11-16/h5-7,11H,3-4,8-10,12-14H2,1-2H3,(H,21,26)/t19-/m0/s1. The smallest absolute Gasteiger partial charge is 0.317 e. The predicted molar refractivity (Wildman–Crippen MR) is 98.6 cm³/mol. The Bertz CT molecular complexity index is 683. The number of hydrogen-bond donors (Lipinski definition) is 1.